The number of rotatable bonds is 5. The van der Waals surface area contributed by atoms with E-state index in [9.17, 15) is 18.0 Å². The molecule has 1 aliphatic carbocycles. The molecule has 11 nitrogen and oxygen atoms in total. The summed E-state index contributed by atoms with van der Waals surface area (Å²) >= 11 is 0. The van der Waals surface area contributed by atoms with Crippen molar-refractivity contribution >= 4 is 28.0 Å². The molecular weight excluding hydrogens is 582 g/mol. The van der Waals surface area contributed by atoms with E-state index in [1.807, 2.05) is 32.0 Å². The van der Waals surface area contributed by atoms with Crippen LogP contribution in [0.5, 0.6) is 5.88 Å². The molecule has 1 aromatic heterocycles. The molecule has 0 radical (unpaired) electrons. The number of amides is 2. The van der Waals surface area contributed by atoms with Crippen molar-refractivity contribution in [3.05, 3.63) is 65.2 Å². The molecule has 5 rings (SSSR count). The summed E-state index contributed by atoms with van der Waals surface area (Å²) < 4.78 is 41.4. The van der Waals surface area contributed by atoms with Crippen molar-refractivity contribution in [3.63, 3.8) is 0 Å². The maximum atomic E-state index is 14.2. The lowest BCUT2D eigenvalue weighted by Crippen LogP contribution is -2.57. The van der Waals surface area contributed by atoms with Gasteiger partial charge < -0.3 is 19.3 Å². The van der Waals surface area contributed by atoms with Gasteiger partial charge in [0.05, 0.1) is 16.6 Å². The van der Waals surface area contributed by atoms with Gasteiger partial charge in [-0.2, -0.15) is 4.98 Å². The number of benzene rings is 2. The van der Waals surface area contributed by atoms with E-state index in [-0.39, 0.29) is 60.3 Å². The molecule has 2 amide bonds. The molecule has 44 heavy (non-hydrogen) atoms. The van der Waals surface area contributed by atoms with Gasteiger partial charge in [0.25, 0.3) is 15.9 Å². The summed E-state index contributed by atoms with van der Waals surface area (Å²) in [6.07, 6.45) is 0.800. The van der Waals surface area contributed by atoms with Crippen molar-refractivity contribution in [3.8, 4) is 17.1 Å². The van der Waals surface area contributed by atoms with Crippen LogP contribution in [-0.2, 0) is 14.8 Å². The molecule has 4 bridgehead atoms. The third-order valence-electron chi connectivity index (χ3n) is 7.95. The lowest BCUT2D eigenvalue weighted by Gasteiger charge is -2.46. The fraction of sp³-hybridized carbons (Fsp3) is 0.438. The Morgan fingerprint density at radius 3 is 2.45 bits per heavy atom. The van der Waals surface area contributed by atoms with Gasteiger partial charge >= 0.3 is 6.09 Å². The van der Waals surface area contributed by atoms with Crippen molar-refractivity contribution in [2.45, 2.75) is 70.0 Å². The van der Waals surface area contributed by atoms with Crippen molar-refractivity contribution in [1.82, 2.24) is 19.8 Å². The molecule has 1 N–H and O–H groups in total. The Morgan fingerprint density at radius 2 is 1.80 bits per heavy atom. The van der Waals surface area contributed by atoms with E-state index in [1.54, 1.807) is 37.2 Å². The highest BCUT2D eigenvalue weighted by atomic mass is 32.2. The number of ether oxygens (including phenoxy) is 2. The number of aromatic nitrogens is 2. The van der Waals surface area contributed by atoms with Gasteiger partial charge in [0.1, 0.15) is 12.7 Å². The van der Waals surface area contributed by atoms with Gasteiger partial charge in [0.15, 0.2) is 0 Å². The summed E-state index contributed by atoms with van der Waals surface area (Å²) in [6.45, 7) is 8.20. The lowest BCUT2D eigenvalue weighted by molar-refractivity contribution is -0.0330. The molecule has 0 spiro atoms. The minimum absolute atomic E-state index is 0. The van der Waals surface area contributed by atoms with E-state index in [0.29, 0.717) is 25.0 Å². The smallest absolute Gasteiger partial charge is 0.409 e. The van der Waals surface area contributed by atoms with Crippen LogP contribution in [0, 0.1) is 19.8 Å². The second-order valence-corrected chi connectivity index (χ2v) is 13.8. The first-order valence-corrected chi connectivity index (χ1v) is 16.2. The number of anilines is 1. The average molecular weight is 624 g/mol. The molecule has 1 fully saturated rings. The summed E-state index contributed by atoms with van der Waals surface area (Å²) in [7, 11) is -0.913. The molecule has 0 saturated heterocycles. The highest BCUT2D eigenvalue weighted by molar-refractivity contribution is 7.92. The molecule has 2 aliphatic rings. The van der Waals surface area contributed by atoms with Gasteiger partial charge in [-0.25, -0.2) is 22.9 Å². The quantitative estimate of drug-likeness (QED) is 0.406. The Labute approximate surface area is 260 Å². The third kappa shape index (κ3) is 6.64. The van der Waals surface area contributed by atoms with Gasteiger partial charge in [-0.1, -0.05) is 38.1 Å². The van der Waals surface area contributed by atoms with E-state index >= 15 is 0 Å². The standard InChI is InChI=1S/C32H39N5O6S.H2/c1-19(2)13-24-18-42-28-17-27(29-20(3)9-7-10-21(29)4)33-31(34-28)35-44(40,41)26-12-8-11-22(14-26)30(38)37(24)23-15-25(16-23)43-32(39)36(5)6;/h7-12,14,17,19,23-25H,13,15-16,18H2,1-6H3,(H,33,34,35);1H/t23?,24-,25?;/m1./s1. The number of hydrogen-bond acceptors (Lipinski definition) is 8. The molecule has 12 heteroatoms. The first-order chi connectivity index (χ1) is 20.8. The molecule has 3 aromatic rings. The van der Waals surface area contributed by atoms with Gasteiger partial charge in [0, 0.05) is 51.6 Å². The zero-order valence-electron chi connectivity index (χ0n) is 25.9. The van der Waals surface area contributed by atoms with Crippen molar-refractivity contribution < 1.29 is 28.9 Å². The summed E-state index contributed by atoms with van der Waals surface area (Å²) in [4.78, 5) is 38.4. The van der Waals surface area contributed by atoms with E-state index < -0.39 is 16.1 Å². The minimum atomic E-state index is -4.16. The first kappa shape index (κ1) is 31.2. The van der Waals surface area contributed by atoms with Crippen LogP contribution in [0.3, 0.4) is 0 Å². The Hall–Kier alpha value is -4.19. The van der Waals surface area contributed by atoms with Crippen molar-refractivity contribution in [1.29, 1.82) is 0 Å². The predicted octanol–water partition coefficient (Wildman–Crippen LogP) is 5.29. The number of sulfonamides is 1. The number of hydrogen-bond donors (Lipinski definition) is 1. The van der Waals surface area contributed by atoms with Crippen LogP contribution in [0.1, 0.15) is 56.0 Å². The first-order valence-electron chi connectivity index (χ1n) is 14.7. The highest BCUT2D eigenvalue weighted by Gasteiger charge is 2.42. The number of nitrogens with zero attached hydrogens (tertiary/aromatic N) is 4. The maximum absolute atomic E-state index is 14.2. The van der Waals surface area contributed by atoms with Crippen LogP contribution in [0.15, 0.2) is 53.4 Å². The highest BCUT2D eigenvalue weighted by Crippen LogP contribution is 2.35. The largest absolute Gasteiger partial charge is 0.475 e. The molecule has 2 heterocycles. The summed E-state index contributed by atoms with van der Waals surface area (Å²) in [5.74, 6) is -0.0321. The van der Waals surface area contributed by atoms with Crippen molar-refractivity contribution in [2.75, 3.05) is 25.4 Å². The van der Waals surface area contributed by atoms with Gasteiger partial charge in [-0.3, -0.25) is 4.79 Å². The molecule has 2 aromatic carbocycles. The van der Waals surface area contributed by atoms with Crippen LogP contribution < -0.4 is 9.46 Å². The number of aryl methyl sites for hydroxylation is 2. The summed E-state index contributed by atoms with van der Waals surface area (Å²) in [5, 5.41) is 0. The summed E-state index contributed by atoms with van der Waals surface area (Å²) in [6, 6.07) is 13.0. The summed E-state index contributed by atoms with van der Waals surface area (Å²) in [5.41, 5.74) is 3.55. The maximum Gasteiger partial charge on any atom is 0.409 e. The topological polar surface area (TPSA) is 131 Å². The van der Waals surface area contributed by atoms with Crippen LogP contribution >= 0.6 is 0 Å². The Morgan fingerprint density at radius 1 is 1.11 bits per heavy atom. The second-order valence-electron chi connectivity index (χ2n) is 12.1. The Bertz CT molecular complexity index is 1660. The number of fused-ring (bicyclic) bond motifs is 4. The number of carbonyl (C=O) groups is 2. The van der Waals surface area contributed by atoms with Gasteiger partial charge in [-0.15, -0.1) is 0 Å². The van der Waals surface area contributed by atoms with Crippen LogP contribution in [-0.4, -0.2) is 79.1 Å². The van der Waals surface area contributed by atoms with Gasteiger partial charge in [0.2, 0.25) is 11.8 Å². The van der Waals surface area contributed by atoms with Gasteiger partial charge in [-0.05, 0) is 55.5 Å². The van der Waals surface area contributed by atoms with Crippen LogP contribution in [0.2, 0.25) is 0 Å². The van der Waals surface area contributed by atoms with Crippen LogP contribution in [0.4, 0.5) is 10.7 Å². The minimum Gasteiger partial charge on any atom is -0.475 e. The lowest BCUT2D eigenvalue weighted by atomic mass is 9.85. The third-order valence-corrected chi connectivity index (χ3v) is 9.27. The monoisotopic (exact) mass is 623 g/mol. The van der Waals surface area contributed by atoms with E-state index in [1.165, 1.54) is 17.0 Å². The molecule has 0 unspecified atom stereocenters. The molecule has 1 aliphatic heterocycles. The Balaban J connectivity index is 0.00000461. The fourth-order valence-electron chi connectivity index (χ4n) is 5.74. The Kier molecular flexibility index (Phi) is 8.83. The number of carbonyl (C=O) groups excluding carboxylic acids is 2. The number of nitrogens with one attached hydrogen (secondary N) is 1. The zero-order valence-corrected chi connectivity index (χ0v) is 26.7. The van der Waals surface area contributed by atoms with E-state index in [2.05, 4.69) is 28.5 Å². The fourth-order valence-corrected chi connectivity index (χ4v) is 6.73. The van der Waals surface area contributed by atoms with E-state index in [0.717, 1.165) is 16.7 Å². The second kappa shape index (κ2) is 12.4. The predicted molar refractivity (Wildman–Crippen MR) is 168 cm³/mol. The zero-order chi connectivity index (χ0) is 31.8. The average Bonchev–Trinajstić information content (AvgIpc) is 2.93. The van der Waals surface area contributed by atoms with Crippen molar-refractivity contribution in [2.24, 2.45) is 5.92 Å². The SMILES string of the molecule is Cc1cccc(C)c1-c1cc2nc(n1)NS(=O)(=O)c1cccc(c1)C(=O)N(C1CC(OC(=O)N(C)C)C1)[C@H](CC(C)C)CO2.[HH]. The van der Waals surface area contributed by atoms with Crippen LogP contribution in [0.25, 0.3) is 11.3 Å². The molecular formula is C32H41N5O6S. The molecule has 1 saturated carbocycles. The molecule has 1 atom stereocenters. The normalized spacial score (nSPS) is 21.1. The van der Waals surface area contributed by atoms with E-state index in [4.69, 9.17) is 9.47 Å². The molecule has 236 valence electrons.